The van der Waals surface area contributed by atoms with Crippen LogP contribution in [-0.2, 0) is 12.6 Å². The van der Waals surface area contributed by atoms with E-state index in [1.165, 1.54) is 6.07 Å². The number of amides is 1. The van der Waals surface area contributed by atoms with Crippen molar-refractivity contribution in [2.24, 2.45) is 0 Å². The summed E-state index contributed by atoms with van der Waals surface area (Å²) >= 11 is 0. The Bertz CT molecular complexity index is 912. The summed E-state index contributed by atoms with van der Waals surface area (Å²) in [4.78, 5) is 12.3. The van der Waals surface area contributed by atoms with Gasteiger partial charge in [-0.1, -0.05) is 36.4 Å². The van der Waals surface area contributed by atoms with Gasteiger partial charge in [-0.05, 0) is 31.0 Å². The molecular weight excluding hydrogens is 331 g/mol. The predicted molar refractivity (Wildman–Crippen MR) is 88.4 cm³/mol. The minimum absolute atomic E-state index is 0.219. The Labute approximate surface area is 142 Å². The Kier molecular flexibility index (Phi) is 4.53. The van der Waals surface area contributed by atoms with Gasteiger partial charge in [0.2, 0.25) is 0 Å². The quantitative estimate of drug-likeness (QED) is 0.741. The first-order valence-electron chi connectivity index (χ1n) is 7.79. The molecule has 0 saturated heterocycles. The minimum Gasteiger partial charge on any atom is -0.451 e. The molecule has 130 valence electrons. The van der Waals surface area contributed by atoms with E-state index in [1.54, 1.807) is 19.1 Å². The molecule has 0 aliphatic carbocycles. The molecule has 1 aromatic heterocycles. The summed E-state index contributed by atoms with van der Waals surface area (Å²) in [6.07, 6.45) is -4.07. The number of hydrogen-bond acceptors (Lipinski definition) is 2. The number of aryl methyl sites for hydroxylation is 1. The fourth-order valence-corrected chi connectivity index (χ4v) is 2.69. The van der Waals surface area contributed by atoms with E-state index in [4.69, 9.17) is 4.42 Å². The van der Waals surface area contributed by atoms with Crippen molar-refractivity contribution in [1.29, 1.82) is 0 Å². The van der Waals surface area contributed by atoms with E-state index >= 15 is 0 Å². The number of para-hydroxylation sites is 1. The van der Waals surface area contributed by atoms with E-state index < -0.39 is 11.7 Å². The number of nitrogens with one attached hydrogen (secondary N) is 1. The van der Waals surface area contributed by atoms with Gasteiger partial charge in [-0.15, -0.1) is 0 Å². The lowest BCUT2D eigenvalue weighted by atomic mass is 10.1. The van der Waals surface area contributed by atoms with Gasteiger partial charge >= 0.3 is 6.18 Å². The highest BCUT2D eigenvalue weighted by atomic mass is 19.4. The van der Waals surface area contributed by atoms with Gasteiger partial charge < -0.3 is 9.73 Å². The summed E-state index contributed by atoms with van der Waals surface area (Å²) < 4.78 is 43.7. The topological polar surface area (TPSA) is 42.2 Å². The Morgan fingerprint density at radius 2 is 1.88 bits per heavy atom. The number of furan rings is 1. The molecule has 0 aliphatic rings. The van der Waals surface area contributed by atoms with Crippen LogP contribution >= 0.6 is 0 Å². The summed E-state index contributed by atoms with van der Waals surface area (Å²) in [5.74, 6) is -0.147. The number of carbonyl (C=O) groups is 1. The second-order valence-corrected chi connectivity index (χ2v) is 5.76. The fraction of sp³-hybridized carbons (Fsp3) is 0.211. The van der Waals surface area contributed by atoms with Crippen LogP contribution in [0.15, 0.2) is 52.9 Å². The molecule has 0 saturated carbocycles. The zero-order valence-electron chi connectivity index (χ0n) is 13.5. The van der Waals surface area contributed by atoms with Crippen LogP contribution in [0.4, 0.5) is 13.2 Å². The lowest BCUT2D eigenvalue weighted by Gasteiger charge is -2.09. The van der Waals surface area contributed by atoms with Crippen LogP contribution in [-0.4, -0.2) is 12.5 Å². The smallest absolute Gasteiger partial charge is 0.416 e. The van der Waals surface area contributed by atoms with Gasteiger partial charge in [-0.2, -0.15) is 13.2 Å². The second-order valence-electron chi connectivity index (χ2n) is 5.76. The highest BCUT2D eigenvalue weighted by molar-refractivity contribution is 5.98. The molecule has 3 aromatic rings. The third-order valence-electron chi connectivity index (χ3n) is 4.00. The molecule has 1 amide bonds. The fourth-order valence-electron chi connectivity index (χ4n) is 2.69. The minimum atomic E-state index is -4.37. The zero-order valence-corrected chi connectivity index (χ0v) is 13.5. The van der Waals surface area contributed by atoms with E-state index in [2.05, 4.69) is 5.32 Å². The van der Waals surface area contributed by atoms with Crippen molar-refractivity contribution in [2.45, 2.75) is 19.5 Å². The van der Waals surface area contributed by atoms with E-state index in [1.807, 2.05) is 18.2 Å². The molecule has 0 unspecified atom stereocenters. The normalized spacial score (nSPS) is 11.7. The Hall–Kier alpha value is -2.76. The van der Waals surface area contributed by atoms with E-state index in [-0.39, 0.29) is 18.2 Å². The lowest BCUT2D eigenvalue weighted by molar-refractivity contribution is -0.137. The van der Waals surface area contributed by atoms with Crippen molar-refractivity contribution in [1.82, 2.24) is 5.32 Å². The molecule has 3 rings (SSSR count). The molecule has 0 spiro atoms. The molecule has 0 bridgehead atoms. The molecule has 0 fully saturated rings. The first-order chi connectivity index (χ1) is 11.9. The van der Waals surface area contributed by atoms with Crippen LogP contribution in [0.5, 0.6) is 0 Å². The summed E-state index contributed by atoms with van der Waals surface area (Å²) in [6.45, 7) is 2.02. The molecule has 0 aliphatic heterocycles. The number of benzene rings is 2. The van der Waals surface area contributed by atoms with Crippen LogP contribution in [0, 0.1) is 6.92 Å². The third-order valence-corrected chi connectivity index (χ3v) is 4.00. The first-order valence-corrected chi connectivity index (χ1v) is 7.79. The zero-order chi connectivity index (χ0) is 18.0. The van der Waals surface area contributed by atoms with Gasteiger partial charge in [0.25, 0.3) is 5.91 Å². The van der Waals surface area contributed by atoms with Gasteiger partial charge in [0.1, 0.15) is 5.58 Å². The molecule has 1 heterocycles. The highest BCUT2D eigenvalue weighted by Gasteiger charge is 2.30. The Morgan fingerprint density at radius 1 is 1.12 bits per heavy atom. The van der Waals surface area contributed by atoms with E-state index in [0.717, 1.165) is 23.1 Å². The monoisotopic (exact) mass is 347 g/mol. The van der Waals surface area contributed by atoms with Crippen molar-refractivity contribution in [3.8, 4) is 0 Å². The maximum absolute atomic E-state index is 12.7. The first kappa shape index (κ1) is 17.1. The van der Waals surface area contributed by atoms with E-state index in [9.17, 15) is 18.0 Å². The lowest BCUT2D eigenvalue weighted by Crippen LogP contribution is -2.25. The average Bonchev–Trinajstić information content (AvgIpc) is 2.92. The Morgan fingerprint density at radius 3 is 2.60 bits per heavy atom. The summed E-state index contributed by atoms with van der Waals surface area (Å²) in [5, 5.41) is 3.56. The SMILES string of the molecule is Cc1c(C(=O)NCCc2cccc(C(F)(F)F)c2)oc2ccccc12. The number of carbonyl (C=O) groups excluding carboxylic acids is 1. The molecular formula is C19H16F3NO2. The average molecular weight is 347 g/mol. The van der Waals surface area contributed by atoms with Crippen molar-refractivity contribution in [2.75, 3.05) is 6.54 Å². The second kappa shape index (κ2) is 6.63. The van der Waals surface area contributed by atoms with Crippen molar-refractivity contribution in [3.63, 3.8) is 0 Å². The molecule has 6 heteroatoms. The number of hydrogen-bond donors (Lipinski definition) is 1. The molecule has 3 nitrogen and oxygen atoms in total. The third kappa shape index (κ3) is 3.68. The molecule has 2 aromatic carbocycles. The van der Waals surface area contributed by atoms with Crippen molar-refractivity contribution < 1.29 is 22.4 Å². The number of alkyl halides is 3. The summed E-state index contributed by atoms with van der Waals surface area (Å²) in [7, 11) is 0. The van der Waals surface area contributed by atoms with Crippen LogP contribution in [0.2, 0.25) is 0 Å². The van der Waals surface area contributed by atoms with E-state index in [0.29, 0.717) is 17.6 Å². The van der Waals surface area contributed by atoms with Gasteiger partial charge in [0.05, 0.1) is 5.56 Å². The summed E-state index contributed by atoms with van der Waals surface area (Å²) in [6, 6.07) is 12.4. The van der Waals surface area contributed by atoms with Gasteiger partial charge in [-0.25, -0.2) is 0 Å². The van der Waals surface area contributed by atoms with Gasteiger partial charge in [0.15, 0.2) is 5.76 Å². The van der Waals surface area contributed by atoms with Crippen LogP contribution in [0.3, 0.4) is 0 Å². The standard InChI is InChI=1S/C19H16F3NO2/c1-12-15-7-2-3-8-16(15)25-17(12)18(24)23-10-9-13-5-4-6-14(11-13)19(20,21)22/h2-8,11H,9-10H2,1H3,(H,23,24). The number of fused-ring (bicyclic) bond motifs is 1. The molecule has 25 heavy (non-hydrogen) atoms. The largest absolute Gasteiger partial charge is 0.451 e. The number of halogens is 3. The maximum atomic E-state index is 12.7. The predicted octanol–water partition coefficient (Wildman–Crippen LogP) is 4.73. The van der Waals surface area contributed by atoms with Gasteiger partial charge in [-0.3, -0.25) is 4.79 Å². The van der Waals surface area contributed by atoms with Crippen LogP contribution in [0.25, 0.3) is 11.0 Å². The summed E-state index contributed by atoms with van der Waals surface area (Å²) in [5.41, 5.74) is 1.19. The van der Waals surface area contributed by atoms with Crippen LogP contribution < -0.4 is 5.32 Å². The van der Waals surface area contributed by atoms with Crippen molar-refractivity contribution >= 4 is 16.9 Å². The van der Waals surface area contributed by atoms with Crippen molar-refractivity contribution in [3.05, 3.63) is 71.0 Å². The molecule has 0 radical (unpaired) electrons. The number of rotatable bonds is 4. The maximum Gasteiger partial charge on any atom is 0.416 e. The highest BCUT2D eigenvalue weighted by Crippen LogP contribution is 2.29. The van der Waals surface area contributed by atoms with Crippen LogP contribution in [0.1, 0.15) is 27.2 Å². The molecule has 1 N–H and O–H groups in total. The van der Waals surface area contributed by atoms with Gasteiger partial charge in [0, 0.05) is 17.5 Å². The Balaban J connectivity index is 1.66. The molecule has 0 atom stereocenters.